The number of carbonyl (C=O) groups is 3. The van der Waals surface area contributed by atoms with Gasteiger partial charge in [0.15, 0.2) is 0 Å². The van der Waals surface area contributed by atoms with Crippen molar-refractivity contribution in [2.75, 3.05) is 6.54 Å². The fraction of sp³-hybridized carbons (Fsp3) is 0.0833. The Morgan fingerprint density at radius 3 is 2.55 bits per heavy atom. The molecule has 3 amide bonds. The van der Waals surface area contributed by atoms with Gasteiger partial charge in [0.05, 0.1) is 9.38 Å². The van der Waals surface area contributed by atoms with Crippen LogP contribution in [-0.2, 0) is 9.59 Å². The molecular weight excluding hydrogens is 444 g/mol. The van der Waals surface area contributed by atoms with E-state index in [9.17, 15) is 24.6 Å². The van der Waals surface area contributed by atoms with Crippen LogP contribution in [0, 0.1) is 0 Å². The number of hydrogen-bond donors (Lipinski definition) is 3. The van der Waals surface area contributed by atoms with Gasteiger partial charge in [0.1, 0.15) is 22.5 Å². The fourth-order valence-corrected chi connectivity index (χ4v) is 3.64. The standard InChI is InChI=1S/C12H8Br2N2O5S/c13-5-1-4(9(18)8(14)10(5)19)2-6-11(20)16(3-7(15)17)12(21)22-6/h1-2,18-19H,3H2,(H2,15,17)/b6-2-. The maximum atomic E-state index is 12.1. The summed E-state index contributed by atoms with van der Waals surface area (Å²) >= 11 is 6.74. The van der Waals surface area contributed by atoms with Crippen LogP contribution in [0.15, 0.2) is 19.9 Å². The third kappa shape index (κ3) is 3.13. The number of imide groups is 1. The van der Waals surface area contributed by atoms with Crippen LogP contribution in [-0.4, -0.2) is 38.7 Å². The topological polar surface area (TPSA) is 121 Å². The molecule has 1 aliphatic heterocycles. The Hall–Kier alpha value is -1.52. The second-order valence-electron chi connectivity index (χ2n) is 4.19. The second kappa shape index (κ2) is 6.31. The number of nitrogens with two attached hydrogens (primary N) is 1. The first-order chi connectivity index (χ1) is 10.2. The number of halogens is 2. The van der Waals surface area contributed by atoms with Gasteiger partial charge in [0.25, 0.3) is 11.1 Å². The quantitative estimate of drug-likeness (QED) is 0.605. The van der Waals surface area contributed by atoms with E-state index in [-0.39, 0.29) is 26.4 Å². The van der Waals surface area contributed by atoms with Crippen molar-refractivity contribution >= 4 is 66.8 Å². The normalized spacial score (nSPS) is 16.6. The summed E-state index contributed by atoms with van der Waals surface area (Å²) in [5, 5.41) is 19.0. The molecule has 1 heterocycles. The van der Waals surface area contributed by atoms with Crippen molar-refractivity contribution < 1.29 is 24.6 Å². The van der Waals surface area contributed by atoms with E-state index in [2.05, 4.69) is 31.9 Å². The molecule has 2 rings (SSSR count). The highest BCUT2D eigenvalue weighted by atomic mass is 79.9. The monoisotopic (exact) mass is 450 g/mol. The van der Waals surface area contributed by atoms with Crippen LogP contribution in [0.5, 0.6) is 11.5 Å². The lowest BCUT2D eigenvalue weighted by Gasteiger charge is -2.09. The molecule has 0 radical (unpaired) electrons. The summed E-state index contributed by atoms with van der Waals surface area (Å²) < 4.78 is 0.337. The van der Waals surface area contributed by atoms with Gasteiger partial charge in [-0.15, -0.1) is 0 Å². The lowest BCUT2D eigenvalue weighted by Crippen LogP contribution is -2.36. The van der Waals surface area contributed by atoms with E-state index < -0.39 is 23.6 Å². The van der Waals surface area contributed by atoms with Gasteiger partial charge in [-0.3, -0.25) is 19.3 Å². The molecule has 7 nitrogen and oxygen atoms in total. The van der Waals surface area contributed by atoms with Crippen LogP contribution in [0.2, 0.25) is 0 Å². The predicted molar refractivity (Wildman–Crippen MR) is 87.0 cm³/mol. The lowest BCUT2D eigenvalue weighted by molar-refractivity contribution is -0.127. The van der Waals surface area contributed by atoms with Gasteiger partial charge < -0.3 is 15.9 Å². The maximum Gasteiger partial charge on any atom is 0.294 e. The van der Waals surface area contributed by atoms with Crippen LogP contribution in [0.4, 0.5) is 4.79 Å². The highest BCUT2D eigenvalue weighted by Gasteiger charge is 2.36. The Bertz CT molecular complexity index is 735. The van der Waals surface area contributed by atoms with Crippen molar-refractivity contribution in [2.24, 2.45) is 5.73 Å². The van der Waals surface area contributed by atoms with Gasteiger partial charge >= 0.3 is 0 Å². The molecule has 0 spiro atoms. The van der Waals surface area contributed by atoms with E-state index in [1.807, 2.05) is 0 Å². The van der Waals surface area contributed by atoms with E-state index >= 15 is 0 Å². The summed E-state index contributed by atoms with van der Waals surface area (Å²) in [5.74, 6) is -1.96. The van der Waals surface area contributed by atoms with Gasteiger partial charge in [-0.2, -0.15) is 0 Å². The molecule has 1 fully saturated rings. The SMILES string of the molecule is NC(=O)CN1C(=O)S/C(=C\c2cc(Br)c(O)c(Br)c2O)C1=O. The number of thioether (sulfide) groups is 1. The summed E-state index contributed by atoms with van der Waals surface area (Å²) in [7, 11) is 0. The van der Waals surface area contributed by atoms with Crippen LogP contribution in [0.25, 0.3) is 6.08 Å². The van der Waals surface area contributed by atoms with Crippen molar-refractivity contribution in [1.82, 2.24) is 4.90 Å². The third-order valence-electron chi connectivity index (χ3n) is 2.67. The van der Waals surface area contributed by atoms with Crippen LogP contribution in [0.1, 0.15) is 5.56 Å². The van der Waals surface area contributed by atoms with Gasteiger partial charge in [-0.1, -0.05) is 0 Å². The number of rotatable bonds is 3. The number of hydrogen-bond acceptors (Lipinski definition) is 6. The van der Waals surface area contributed by atoms with Crippen LogP contribution in [0.3, 0.4) is 0 Å². The smallest absolute Gasteiger partial charge is 0.294 e. The van der Waals surface area contributed by atoms with Gasteiger partial charge in [-0.05, 0) is 55.8 Å². The van der Waals surface area contributed by atoms with Crippen LogP contribution < -0.4 is 5.73 Å². The zero-order chi connectivity index (χ0) is 16.6. The molecule has 116 valence electrons. The Morgan fingerprint density at radius 1 is 1.32 bits per heavy atom. The minimum absolute atomic E-state index is 0.0334. The fourth-order valence-electron chi connectivity index (χ4n) is 1.66. The van der Waals surface area contributed by atoms with Crippen molar-refractivity contribution in [3.05, 3.63) is 25.5 Å². The Labute approximate surface area is 145 Å². The minimum Gasteiger partial charge on any atom is -0.506 e. The third-order valence-corrected chi connectivity index (χ3v) is 4.93. The maximum absolute atomic E-state index is 12.1. The van der Waals surface area contributed by atoms with E-state index in [1.54, 1.807) is 0 Å². The van der Waals surface area contributed by atoms with Gasteiger partial charge in [0, 0.05) is 5.56 Å². The molecule has 1 saturated heterocycles. The molecule has 0 atom stereocenters. The average molecular weight is 452 g/mol. The number of nitrogens with zero attached hydrogens (tertiary/aromatic N) is 1. The summed E-state index contributed by atoms with van der Waals surface area (Å²) in [6, 6.07) is 1.39. The molecule has 10 heteroatoms. The van der Waals surface area contributed by atoms with Crippen molar-refractivity contribution in [3.63, 3.8) is 0 Å². The molecule has 0 saturated carbocycles. The number of aromatic hydroxyl groups is 2. The molecule has 0 bridgehead atoms. The molecule has 1 aliphatic rings. The molecule has 22 heavy (non-hydrogen) atoms. The molecule has 0 aromatic heterocycles. The molecular formula is C12H8Br2N2O5S. The molecule has 1 aromatic carbocycles. The minimum atomic E-state index is -0.804. The number of benzene rings is 1. The van der Waals surface area contributed by atoms with Crippen molar-refractivity contribution in [3.8, 4) is 11.5 Å². The van der Waals surface area contributed by atoms with Crippen LogP contribution >= 0.6 is 43.6 Å². The molecule has 0 unspecified atom stereocenters. The summed E-state index contributed by atoms with van der Waals surface area (Å²) in [6.45, 7) is -0.503. The summed E-state index contributed by atoms with van der Waals surface area (Å²) in [4.78, 5) is 35.4. The Morgan fingerprint density at radius 2 is 1.95 bits per heavy atom. The van der Waals surface area contributed by atoms with E-state index in [1.165, 1.54) is 12.1 Å². The summed E-state index contributed by atoms with van der Waals surface area (Å²) in [5.41, 5.74) is 5.19. The van der Waals surface area contributed by atoms with Gasteiger partial charge in [-0.25, -0.2) is 0 Å². The molecule has 0 aliphatic carbocycles. The number of phenolic OH excluding ortho intramolecular Hbond substituents is 2. The number of primary amides is 1. The van der Waals surface area contributed by atoms with Gasteiger partial charge in [0.2, 0.25) is 5.91 Å². The average Bonchev–Trinajstić information content (AvgIpc) is 2.69. The first-order valence-electron chi connectivity index (χ1n) is 5.66. The highest BCUT2D eigenvalue weighted by molar-refractivity contribution is 9.11. The number of phenols is 2. The predicted octanol–water partition coefficient (Wildman–Crippen LogP) is 2.14. The van der Waals surface area contributed by atoms with E-state index in [0.717, 1.165) is 4.90 Å². The number of amides is 3. The highest BCUT2D eigenvalue weighted by Crippen LogP contribution is 2.43. The first-order valence-corrected chi connectivity index (χ1v) is 8.06. The van der Waals surface area contributed by atoms with E-state index in [0.29, 0.717) is 16.2 Å². The first kappa shape index (κ1) is 16.8. The van der Waals surface area contributed by atoms with Crippen molar-refractivity contribution in [1.29, 1.82) is 0 Å². The zero-order valence-corrected chi connectivity index (χ0v) is 14.7. The second-order valence-corrected chi connectivity index (χ2v) is 6.83. The largest absolute Gasteiger partial charge is 0.506 e. The van der Waals surface area contributed by atoms with E-state index in [4.69, 9.17) is 5.73 Å². The Kier molecular flexibility index (Phi) is 4.83. The Balaban J connectivity index is 2.41. The lowest BCUT2D eigenvalue weighted by atomic mass is 10.1. The number of carbonyl (C=O) groups excluding carboxylic acids is 3. The van der Waals surface area contributed by atoms with Crippen molar-refractivity contribution in [2.45, 2.75) is 0 Å². The summed E-state index contributed by atoms with van der Waals surface area (Å²) in [6.07, 6.45) is 1.29. The zero-order valence-electron chi connectivity index (χ0n) is 10.7. The molecule has 1 aromatic rings. The molecule has 4 N–H and O–H groups in total.